The first-order valence-corrected chi connectivity index (χ1v) is 12.2. The van der Waals surface area contributed by atoms with Gasteiger partial charge in [-0.1, -0.05) is 18.2 Å². The molecule has 2 aromatic rings. The first-order valence-electron chi connectivity index (χ1n) is 10.9. The largest absolute Gasteiger partial charge is 0.611 e. The van der Waals surface area contributed by atoms with E-state index in [1.807, 2.05) is 30.3 Å². The fraction of sp³-hybridized carbons (Fsp3) is 0.545. The van der Waals surface area contributed by atoms with Gasteiger partial charge in [0.2, 0.25) is 10.8 Å². The van der Waals surface area contributed by atoms with Gasteiger partial charge in [-0.3, -0.25) is 0 Å². The minimum Gasteiger partial charge on any atom is -0.611 e. The maximum absolute atomic E-state index is 12.6. The highest BCUT2D eigenvalue weighted by Gasteiger charge is 2.34. The number of hydrogen-bond acceptors (Lipinski definition) is 7. The minimum absolute atomic E-state index is 0.213. The molecule has 2 fully saturated rings. The molecule has 0 radical (unpaired) electrons. The van der Waals surface area contributed by atoms with Crippen LogP contribution in [0.1, 0.15) is 31.4 Å². The number of nitrogens with one attached hydrogen (secondary N) is 1. The van der Waals surface area contributed by atoms with Gasteiger partial charge in [-0.15, -0.1) is 0 Å². The number of aromatic nitrogens is 2. The highest BCUT2D eigenvalue weighted by atomic mass is 32.2. The number of para-hydroxylation sites is 1. The van der Waals surface area contributed by atoms with Gasteiger partial charge < -0.3 is 24.2 Å². The first kappa shape index (κ1) is 19.9. The molecular weight excluding hydrogens is 400 g/mol. The maximum atomic E-state index is 12.6. The van der Waals surface area contributed by atoms with Crippen molar-refractivity contribution in [3.8, 4) is 5.75 Å². The summed E-state index contributed by atoms with van der Waals surface area (Å²) in [5.74, 6) is 3.08. The van der Waals surface area contributed by atoms with Crippen molar-refractivity contribution in [2.75, 3.05) is 42.3 Å². The normalized spacial score (nSPS) is 22.7. The van der Waals surface area contributed by atoms with Gasteiger partial charge in [-0.05, 0) is 36.2 Å². The quantitative estimate of drug-likeness (QED) is 0.733. The lowest BCUT2D eigenvalue weighted by Gasteiger charge is -2.32. The molecule has 3 aliphatic rings. The molecule has 1 aromatic heterocycles. The molecule has 0 spiro atoms. The summed E-state index contributed by atoms with van der Waals surface area (Å²) in [7, 11) is 0. The molecule has 3 aliphatic heterocycles. The lowest BCUT2D eigenvalue weighted by atomic mass is 10.1. The monoisotopic (exact) mass is 428 g/mol. The van der Waals surface area contributed by atoms with Crippen LogP contribution in [-0.4, -0.2) is 58.7 Å². The fourth-order valence-corrected chi connectivity index (χ4v) is 5.64. The summed E-state index contributed by atoms with van der Waals surface area (Å²) in [4.78, 5) is 12.7. The van der Waals surface area contributed by atoms with Crippen LogP contribution < -0.4 is 15.0 Å². The van der Waals surface area contributed by atoms with Crippen molar-refractivity contribution >= 4 is 22.9 Å². The van der Waals surface area contributed by atoms with Crippen molar-refractivity contribution in [1.82, 2.24) is 9.97 Å². The first-order chi connectivity index (χ1) is 14.8. The summed E-state index contributed by atoms with van der Waals surface area (Å²) < 4.78 is 24.2. The van der Waals surface area contributed by atoms with E-state index in [4.69, 9.17) is 19.4 Å². The number of anilines is 2. The molecule has 0 bridgehead atoms. The van der Waals surface area contributed by atoms with Crippen LogP contribution in [0.25, 0.3) is 0 Å². The molecule has 160 valence electrons. The number of piperidine rings is 1. The van der Waals surface area contributed by atoms with Crippen LogP contribution in [0, 0.1) is 0 Å². The minimum atomic E-state index is -1.01. The van der Waals surface area contributed by atoms with E-state index in [2.05, 4.69) is 10.2 Å². The van der Waals surface area contributed by atoms with Crippen LogP contribution in [0.15, 0.2) is 35.2 Å². The van der Waals surface area contributed by atoms with Gasteiger partial charge in [0, 0.05) is 51.6 Å². The van der Waals surface area contributed by atoms with Gasteiger partial charge in [0.15, 0.2) is 5.82 Å². The lowest BCUT2D eigenvalue weighted by molar-refractivity contribution is 0.0903. The summed E-state index contributed by atoms with van der Waals surface area (Å²) in [5, 5.41) is 3.56. The molecule has 8 heteroatoms. The van der Waals surface area contributed by atoms with Crippen molar-refractivity contribution in [2.45, 2.75) is 49.1 Å². The molecule has 0 amide bonds. The van der Waals surface area contributed by atoms with Crippen molar-refractivity contribution in [1.29, 1.82) is 0 Å². The molecule has 7 nitrogen and oxygen atoms in total. The molecule has 0 saturated carbocycles. The SMILES string of the molecule is [O-][S+]1CCc2nc(N3CCC(Oc4ccccc4)CC3)nc(NC3CCOCC3)c21. The third-order valence-corrected chi connectivity index (χ3v) is 7.47. The molecule has 1 unspecified atom stereocenters. The average Bonchev–Trinajstić information content (AvgIpc) is 3.17. The summed E-state index contributed by atoms with van der Waals surface area (Å²) in [6.45, 7) is 3.23. The Kier molecular flexibility index (Phi) is 5.97. The average molecular weight is 429 g/mol. The molecule has 0 aliphatic carbocycles. The van der Waals surface area contributed by atoms with Crippen LogP contribution in [0.2, 0.25) is 0 Å². The number of aryl methyl sites for hydroxylation is 1. The second-order valence-electron chi connectivity index (χ2n) is 8.10. The lowest BCUT2D eigenvalue weighted by Crippen LogP contribution is -2.39. The number of hydrogen-bond donors (Lipinski definition) is 1. The number of ether oxygens (including phenoxy) is 2. The highest BCUT2D eigenvalue weighted by Crippen LogP contribution is 2.34. The van der Waals surface area contributed by atoms with Gasteiger partial charge in [0.25, 0.3) is 0 Å². The molecule has 5 rings (SSSR count). The van der Waals surface area contributed by atoms with Crippen LogP contribution >= 0.6 is 0 Å². The number of rotatable bonds is 5. The number of nitrogens with zero attached hydrogens (tertiary/aromatic N) is 3. The van der Waals surface area contributed by atoms with E-state index < -0.39 is 11.2 Å². The van der Waals surface area contributed by atoms with E-state index in [1.54, 1.807) is 0 Å². The predicted molar refractivity (Wildman–Crippen MR) is 117 cm³/mol. The Morgan fingerprint density at radius 2 is 1.83 bits per heavy atom. The fourth-order valence-electron chi connectivity index (χ4n) is 4.32. The van der Waals surface area contributed by atoms with Crippen molar-refractivity contribution in [3.63, 3.8) is 0 Å². The zero-order chi connectivity index (χ0) is 20.3. The molecule has 4 heterocycles. The van der Waals surface area contributed by atoms with Crippen molar-refractivity contribution in [3.05, 3.63) is 36.0 Å². The molecular formula is C22H28N4O3S. The van der Waals surface area contributed by atoms with E-state index >= 15 is 0 Å². The Hall–Kier alpha value is -2.03. The van der Waals surface area contributed by atoms with Crippen molar-refractivity contribution in [2.24, 2.45) is 0 Å². The third-order valence-electron chi connectivity index (χ3n) is 6.01. The van der Waals surface area contributed by atoms with Crippen LogP contribution in [0.5, 0.6) is 5.75 Å². The Morgan fingerprint density at radius 3 is 2.60 bits per heavy atom. The van der Waals surface area contributed by atoms with E-state index in [9.17, 15) is 4.55 Å². The number of fused-ring (bicyclic) bond motifs is 1. The number of benzene rings is 1. The predicted octanol–water partition coefficient (Wildman–Crippen LogP) is 2.78. The Labute approximate surface area is 180 Å². The Balaban J connectivity index is 1.29. The zero-order valence-electron chi connectivity index (χ0n) is 17.1. The van der Waals surface area contributed by atoms with Gasteiger partial charge in [-0.25, -0.2) is 4.98 Å². The molecule has 1 atom stereocenters. The Morgan fingerprint density at radius 1 is 1.07 bits per heavy atom. The standard InChI is InChI=1S/C22H28N4O3S/c27-30-15-10-19-20(30)21(23-16-8-13-28-14-9-16)25-22(24-19)26-11-6-18(7-12-26)29-17-4-2-1-3-5-17/h1-5,16,18H,6-15H2,(H,23,24,25). The summed E-state index contributed by atoms with van der Waals surface area (Å²) in [5.41, 5.74) is 0.940. The van der Waals surface area contributed by atoms with Gasteiger partial charge >= 0.3 is 0 Å². The van der Waals surface area contributed by atoms with Crippen molar-refractivity contribution < 1.29 is 14.0 Å². The van der Waals surface area contributed by atoms with Crippen LogP contribution in [0.3, 0.4) is 0 Å². The topological polar surface area (TPSA) is 82.6 Å². The van der Waals surface area contributed by atoms with Crippen LogP contribution in [0.4, 0.5) is 11.8 Å². The highest BCUT2D eigenvalue weighted by molar-refractivity contribution is 7.91. The van der Waals surface area contributed by atoms with E-state index in [0.29, 0.717) is 11.8 Å². The van der Waals surface area contributed by atoms with E-state index in [1.165, 1.54) is 0 Å². The van der Waals surface area contributed by atoms with Crippen LogP contribution in [-0.2, 0) is 22.3 Å². The smallest absolute Gasteiger partial charge is 0.227 e. The van der Waals surface area contributed by atoms with E-state index in [-0.39, 0.29) is 6.10 Å². The van der Waals surface area contributed by atoms with E-state index in [0.717, 1.165) is 86.5 Å². The van der Waals surface area contributed by atoms with Gasteiger partial charge in [0.05, 0.1) is 0 Å². The summed E-state index contributed by atoms with van der Waals surface area (Å²) >= 11 is -1.01. The van der Waals surface area contributed by atoms with Gasteiger partial charge in [-0.2, -0.15) is 4.98 Å². The Bertz CT molecular complexity index is 855. The zero-order valence-corrected chi connectivity index (χ0v) is 17.9. The summed E-state index contributed by atoms with van der Waals surface area (Å²) in [6, 6.07) is 10.3. The molecule has 1 N–H and O–H groups in total. The second kappa shape index (κ2) is 8.99. The molecule has 1 aromatic carbocycles. The molecule has 2 saturated heterocycles. The molecule has 30 heavy (non-hydrogen) atoms. The third kappa shape index (κ3) is 4.36. The maximum Gasteiger partial charge on any atom is 0.227 e. The summed E-state index contributed by atoms with van der Waals surface area (Å²) in [6.07, 6.45) is 4.73. The van der Waals surface area contributed by atoms with Gasteiger partial charge in [0.1, 0.15) is 23.3 Å². The second-order valence-corrected chi connectivity index (χ2v) is 9.60.